The molecule has 0 atom stereocenters. The highest BCUT2D eigenvalue weighted by molar-refractivity contribution is 9.10. The molecule has 0 amide bonds. The molecule has 1 aliphatic heterocycles. The smallest absolute Gasteiger partial charge is 0.163 e. The summed E-state index contributed by atoms with van der Waals surface area (Å²) >= 11 is 3.26. The first kappa shape index (κ1) is 23.6. The van der Waals surface area contributed by atoms with E-state index in [1.165, 1.54) is 12.4 Å². The maximum Gasteiger partial charge on any atom is 0.163 e. The van der Waals surface area contributed by atoms with Crippen molar-refractivity contribution in [2.45, 2.75) is 0 Å². The van der Waals surface area contributed by atoms with Gasteiger partial charge < -0.3 is 24.3 Å². The highest BCUT2D eigenvalue weighted by Crippen LogP contribution is 2.35. The number of methoxy groups -OCH3 is 1. The Labute approximate surface area is 200 Å². The molecule has 1 N–H and O–H groups in total. The largest absolute Gasteiger partial charge is 0.493 e. The zero-order valence-electron chi connectivity index (χ0n) is 18.4. The maximum atomic E-state index is 14.3. The van der Waals surface area contributed by atoms with Crippen molar-refractivity contribution in [3.63, 3.8) is 0 Å². The van der Waals surface area contributed by atoms with Gasteiger partial charge in [0.2, 0.25) is 0 Å². The van der Waals surface area contributed by atoms with Crippen molar-refractivity contribution in [2.24, 2.45) is 0 Å². The topological polar surface area (TPSA) is 78.0 Å². The van der Waals surface area contributed by atoms with Crippen molar-refractivity contribution in [1.29, 1.82) is 0 Å². The number of fused-ring (bicyclic) bond motifs is 1. The average molecular weight is 521 g/mol. The molecule has 2 heterocycles. The van der Waals surface area contributed by atoms with Crippen molar-refractivity contribution in [1.82, 2.24) is 14.9 Å². The highest BCUT2D eigenvalue weighted by Gasteiger charge is 2.14. The number of aromatic nitrogens is 2. The molecule has 0 saturated carbocycles. The van der Waals surface area contributed by atoms with E-state index in [0.29, 0.717) is 58.2 Å². The molecule has 2 aromatic carbocycles. The zero-order chi connectivity index (χ0) is 23.0. The van der Waals surface area contributed by atoms with Crippen LogP contribution < -0.4 is 14.8 Å². The quantitative estimate of drug-likeness (QED) is 0.401. The van der Waals surface area contributed by atoms with Gasteiger partial charge in [0.25, 0.3) is 0 Å². The van der Waals surface area contributed by atoms with Gasteiger partial charge in [0, 0.05) is 35.6 Å². The van der Waals surface area contributed by atoms with Crippen LogP contribution in [0.4, 0.5) is 15.9 Å². The van der Waals surface area contributed by atoms with E-state index in [9.17, 15) is 4.39 Å². The second kappa shape index (κ2) is 11.6. The van der Waals surface area contributed by atoms with Crippen LogP contribution >= 0.6 is 15.9 Å². The fraction of sp³-hybridized carbons (Fsp3) is 0.391. The van der Waals surface area contributed by atoms with E-state index in [4.69, 9.17) is 18.9 Å². The van der Waals surface area contributed by atoms with Gasteiger partial charge in [0.05, 0.1) is 44.7 Å². The first-order valence-electron chi connectivity index (χ1n) is 10.7. The monoisotopic (exact) mass is 520 g/mol. The second-order valence-corrected chi connectivity index (χ2v) is 8.32. The number of halogens is 2. The summed E-state index contributed by atoms with van der Waals surface area (Å²) in [6.45, 7) is 5.83. The first-order chi connectivity index (χ1) is 16.1. The van der Waals surface area contributed by atoms with Crippen molar-refractivity contribution in [3.8, 4) is 11.5 Å². The summed E-state index contributed by atoms with van der Waals surface area (Å²) in [5.74, 6) is 1.17. The van der Waals surface area contributed by atoms with Crippen LogP contribution in [0, 0.1) is 5.82 Å². The summed E-state index contributed by atoms with van der Waals surface area (Å²) < 4.78 is 37.4. The molecular weight excluding hydrogens is 495 g/mol. The van der Waals surface area contributed by atoms with E-state index in [1.807, 2.05) is 0 Å². The number of nitrogens with one attached hydrogen (secondary N) is 1. The van der Waals surface area contributed by atoms with E-state index >= 15 is 0 Å². The van der Waals surface area contributed by atoms with E-state index < -0.39 is 5.82 Å². The summed E-state index contributed by atoms with van der Waals surface area (Å²) in [6, 6.07) is 8.35. The Balaban J connectivity index is 1.38. The molecule has 1 saturated heterocycles. The molecule has 3 aromatic rings. The molecule has 1 aliphatic rings. The number of hydrogen-bond acceptors (Lipinski definition) is 8. The molecule has 1 fully saturated rings. The van der Waals surface area contributed by atoms with Crippen LogP contribution in [0.3, 0.4) is 0 Å². The molecule has 33 heavy (non-hydrogen) atoms. The molecule has 176 valence electrons. The average Bonchev–Trinajstić information content (AvgIpc) is 2.83. The predicted octanol–water partition coefficient (Wildman–Crippen LogP) is 4.01. The Kier molecular flexibility index (Phi) is 8.27. The fourth-order valence-corrected chi connectivity index (χ4v) is 3.82. The Hall–Kier alpha value is -2.53. The molecule has 10 heteroatoms. The zero-order valence-corrected chi connectivity index (χ0v) is 19.9. The van der Waals surface area contributed by atoms with Gasteiger partial charge in [-0.3, -0.25) is 4.90 Å². The van der Waals surface area contributed by atoms with E-state index in [0.717, 1.165) is 32.8 Å². The van der Waals surface area contributed by atoms with Crippen molar-refractivity contribution >= 4 is 38.3 Å². The molecule has 4 rings (SSSR count). The van der Waals surface area contributed by atoms with Gasteiger partial charge in [-0.2, -0.15) is 0 Å². The van der Waals surface area contributed by atoms with Crippen LogP contribution in [0.15, 0.2) is 41.1 Å². The van der Waals surface area contributed by atoms with Crippen LogP contribution in [0.5, 0.6) is 11.5 Å². The van der Waals surface area contributed by atoms with Gasteiger partial charge in [-0.15, -0.1) is 0 Å². The number of morpholine rings is 1. The molecular formula is C23H26BrFN4O4. The number of rotatable bonds is 10. The summed E-state index contributed by atoms with van der Waals surface area (Å²) in [5, 5.41) is 3.72. The summed E-state index contributed by atoms with van der Waals surface area (Å²) in [6.07, 6.45) is 1.42. The molecule has 0 radical (unpaired) electrons. The minimum Gasteiger partial charge on any atom is -0.493 e. The van der Waals surface area contributed by atoms with E-state index in [1.54, 1.807) is 31.4 Å². The normalized spacial score (nSPS) is 14.4. The number of ether oxygens (including phenoxy) is 4. The predicted molar refractivity (Wildman–Crippen MR) is 127 cm³/mol. The lowest BCUT2D eigenvalue weighted by Crippen LogP contribution is -2.38. The summed E-state index contributed by atoms with van der Waals surface area (Å²) in [4.78, 5) is 10.9. The van der Waals surface area contributed by atoms with Gasteiger partial charge in [-0.1, -0.05) is 15.9 Å². The van der Waals surface area contributed by atoms with Crippen molar-refractivity contribution in [2.75, 3.05) is 65.1 Å². The van der Waals surface area contributed by atoms with Gasteiger partial charge in [0.15, 0.2) is 11.5 Å². The van der Waals surface area contributed by atoms with Gasteiger partial charge >= 0.3 is 0 Å². The molecule has 0 aliphatic carbocycles. The molecule has 1 aromatic heterocycles. The van der Waals surface area contributed by atoms with E-state index in [-0.39, 0.29) is 0 Å². The lowest BCUT2D eigenvalue weighted by molar-refractivity contribution is 0.0169. The Morgan fingerprint density at radius 1 is 1.09 bits per heavy atom. The van der Waals surface area contributed by atoms with Crippen LogP contribution in [-0.2, 0) is 9.47 Å². The number of anilines is 2. The van der Waals surface area contributed by atoms with Gasteiger partial charge in [-0.25, -0.2) is 14.4 Å². The van der Waals surface area contributed by atoms with Crippen molar-refractivity contribution < 1.29 is 23.3 Å². The number of hydrogen-bond donors (Lipinski definition) is 1. The maximum absolute atomic E-state index is 14.3. The molecule has 0 spiro atoms. The van der Waals surface area contributed by atoms with E-state index in [2.05, 4.69) is 36.1 Å². The third-order valence-electron chi connectivity index (χ3n) is 5.25. The lowest BCUT2D eigenvalue weighted by atomic mass is 10.2. The SMILES string of the molecule is COc1cc2c(Nc3ccc(Br)cc3F)ncnc2cc1OCCOCCN1CCOCC1. The first-order valence-corrected chi connectivity index (χ1v) is 11.5. The minimum absolute atomic E-state index is 0.312. The van der Waals surface area contributed by atoms with Gasteiger partial charge in [-0.05, 0) is 24.3 Å². The molecule has 0 bridgehead atoms. The second-order valence-electron chi connectivity index (χ2n) is 7.41. The third kappa shape index (κ3) is 6.29. The Bertz CT molecular complexity index is 1080. The van der Waals surface area contributed by atoms with Crippen LogP contribution in [0.25, 0.3) is 10.9 Å². The number of benzene rings is 2. The van der Waals surface area contributed by atoms with Crippen molar-refractivity contribution in [3.05, 3.63) is 46.9 Å². The summed E-state index contributed by atoms with van der Waals surface area (Å²) in [7, 11) is 1.57. The third-order valence-corrected chi connectivity index (χ3v) is 5.74. The Morgan fingerprint density at radius 3 is 2.73 bits per heavy atom. The van der Waals surface area contributed by atoms with Crippen LogP contribution in [0.1, 0.15) is 0 Å². The molecule has 8 nitrogen and oxygen atoms in total. The highest BCUT2D eigenvalue weighted by atomic mass is 79.9. The standard InChI is InChI=1S/C23H26BrFN4O4/c1-30-21-13-17-20(26-15-27-23(17)28-19-3-2-16(24)12-18(19)25)14-22(21)33-11-10-32-9-6-29-4-7-31-8-5-29/h2-3,12-15H,4-11H2,1H3,(H,26,27,28). The Morgan fingerprint density at radius 2 is 1.94 bits per heavy atom. The van der Waals surface area contributed by atoms with Crippen LogP contribution in [-0.4, -0.2) is 74.6 Å². The number of nitrogens with zero attached hydrogens (tertiary/aromatic N) is 3. The van der Waals surface area contributed by atoms with Gasteiger partial charge in [0.1, 0.15) is 24.6 Å². The summed E-state index contributed by atoms with van der Waals surface area (Å²) in [5.41, 5.74) is 0.959. The minimum atomic E-state index is -0.392. The fourth-order valence-electron chi connectivity index (χ4n) is 3.49. The molecule has 0 unspecified atom stereocenters. The van der Waals surface area contributed by atoms with Crippen LogP contribution in [0.2, 0.25) is 0 Å². The lowest BCUT2D eigenvalue weighted by Gasteiger charge is -2.26.